The van der Waals surface area contributed by atoms with E-state index in [4.69, 9.17) is 4.98 Å². The van der Waals surface area contributed by atoms with E-state index >= 15 is 4.39 Å². The van der Waals surface area contributed by atoms with Crippen LogP contribution in [0, 0.1) is 5.82 Å². The van der Waals surface area contributed by atoms with Crippen molar-refractivity contribution in [1.29, 1.82) is 0 Å². The Bertz CT molecular complexity index is 1430. The third-order valence-electron chi connectivity index (χ3n) is 7.41. The van der Waals surface area contributed by atoms with E-state index in [1.165, 1.54) is 5.57 Å². The molecule has 0 bridgehead atoms. The SMILES string of the molecule is CCc1cc(O)ccc1-c1ccc2c(-c3nc(C4=CCN(C5CC(O)C5)CC4)c[nH]3)n[nH]c2c1F. The van der Waals surface area contributed by atoms with Gasteiger partial charge in [-0.2, -0.15) is 5.10 Å². The number of aliphatic hydroxyl groups excluding tert-OH is 1. The smallest absolute Gasteiger partial charge is 0.159 e. The summed E-state index contributed by atoms with van der Waals surface area (Å²) in [7, 11) is 0. The maximum atomic E-state index is 15.6. The summed E-state index contributed by atoms with van der Waals surface area (Å²) < 4.78 is 15.6. The van der Waals surface area contributed by atoms with Gasteiger partial charge in [-0.1, -0.05) is 25.1 Å². The molecule has 4 aromatic rings. The van der Waals surface area contributed by atoms with Gasteiger partial charge in [-0.05, 0) is 60.6 Å². The van der Waals surface area contributed by atoms with E-state index in [1.54, 1.807) is 24.3 Å². The first-order valence-corrected chi connectivity index (χ1v) is 12.2. The molecule has 0 atom stereocenters. The number of phenolic OH excluding ortho intramolecular Hbond substituents is 1. The highest BCUT2D eigenvalue weighted by Crippen LogP contribution is 2.35. The molecule has 0 unspecified atom stereocenters. The Labute approximate surface area is 202 Å². The molecule has 35 heavy (non-hydrogen) atoms. The van der Waals surface area contributed by atoms with Gasteiger partial charge in [-0.3, -0.25) is 10.00 Å². The molecule has 8 heteroatoms. The van der Waals surface area contributed by atoms with Gasteiger partial charge in [-0.15, -0.1) is 0 Å². The monoisotopic (exact) mass is 473 g/mol. The van der Waals surface area contributed by atoms with Crippen LogP contribution in [0.3, 0.4) is 0 Å². The number of rotatable bonds is 5. The molecule has 1 fully saturated rings. The van der Waals surface area contributed by atoms with E-state index in [2.05, 4.69) is 26.2 Å². The average molecular weight is 474 g/mol. The van der Waals surface area contributed by atoms with Crippen molar-refractivity contribution in [2.24, 2.45) is 0 Å². The lowest BCUT2D eigenvalue weighted by atomic mass is 9.87. The third kappa shape index (κ3) is 3.83. The van der Waals surface area contributed by atoms with Gasteiger partial charge in [0, 0.05) is 36.3 Å². The zero-order valence-corrected chi connectivity index (χ0v) is 19.6. The Morgan fingerprint density at radius 3 is 2.74 bits per heavy atom. The van der Waals surface area contributed by atoms with Crippen LogP contribution in [0.25, 0.3) is 39.1 Å². The first kappa shape index (κ1) is 22.0. The van der Waals surface area contributed by atoms with Gasteiger partial charge in [0.15, 0.2) is 11.6 Å². The lowest BCUT2D eigenvalue weighted by molar-refractivity contribution is 0.00596. The molecule has 180 valence electrons. The second-order valence-electron chi connectivity index (χ2n) is 9.50. The van der Waals surface area contributed by atoms with E-state index in [0.717, 1.165) is 49.2 Å². The molecule has 4 N–H and O–H groups in total. The maximum Gasteiger partial charge on any atom is 0.159 e. The Balaban J connectivity index is 1.28. The molecular formula is C27H28FN5O2. The standard InChI is InChI=1S/C27H28FN5O2/c1-2-15-11-18(34)3-4-20(15)21-5-6-22-25(24(21)28)31-32-26(22)27-29-14-23(30-27)16-7-9-33(10-8-16)17-12-19(35)13-17/h3-7,11,14,17,19,34-35H,2,8-10,12-13H2,1H3,(H,29,30)(H,31,32). The molecule has 1 aliphatic carbocycles. The third-order valence-corrected chi connectivity index (χ3v) is 7.41. The number of H-pyrrole nitrogens is 2. The van der Waals surface area contributed by atoms with E-state index in [0.29, 0.717) is 40.4 Å². The fourth-order valence-electron chi connectivity index (χ4n) is 5.29. The zero-order valence-electron chi connectivity index (χ0n) is 19.6. The van der Waals surface area contributed by atoms with Crippen molar-refractivity contribution in [3.8, 4) is 28.4 Å². The van der Waals surface area contributed by atoms with Crippen molar-refractivity contribution in [3.63, 3.8) is 0 Å². The van der Waals surface area contributed by atoms with Crippen molar-refractivity contribution in [1.82, 2.24) is 25.1 Å². The minimum absolute atomic E-state index is 0.140. The van der Waals surface area contributed by atoms with Gasteiger partial charge < -0.3 is 15.2 Å². The van der Waals surface area contributed by atoms with Gasteiger partial charge in [0.1, 0.15) is 17.0 Å². The number of hydrogen-bond donors (Lipinski definition) is 4. The van der Waals surface area contributed by atoms with Gasteiger partial charge in [-0.25, -0.2) is 9.37 Å². The van der Waals surface area contributed by atoms with Crippen molar-refractivity contribution in [3.05, 3.63) is 59.7 Å². The van der Waals surface area contributed by atoms with E-state index in [9.17, 15) is 10.2 Å². The van der Waals surface area contributed by atoms with Crippen molar-refractivity contribution in [2.45, 2.75) is 44.8 Å². The van der Waals surface area contributed by atoms with Crippen LogP contribution in [0.1, 0.15) is 37.4 Å². The van der Waals surface area contributed by atoms with Crippen LogP contribution in [-0.4, -0.2) is 60.5 Å². The molecule has 2 aliphatic rings. The second-order valence-corrected chi connectivity index (χ2v) is 9.50. The molecule has 2 aromatic heterocycles. The quantitative estimate of drug-likeness (QED) is 0.338. The van der Waals surface area contributed by atoms with Gasteiger partial charge >= 0.3 is 0 Å². The molecule has 7 nitrogen and oxygen atoms in total. The number of phenols is 1. The van der Waals surface area contributed by atoms with Crippen LogP contribution in [0.4, 0.5) is 4.39 Å². The number of aromatic amines is 2. The average Bonchev–Trinajstić information content (AvgIpc) is 3.50. The number of fused-ring (bicyclic) bond motifs is 1. The normalized spacial score (nSPS) is 20.7. The lowest BCUT2D eigenvalue weighted by Crippen LogP contribution is -2.48. The number of halogens is 1. The fraction of sp³-hybridized carbons (Fsp3) is 0.333. The van der Waals surface area contributed by atoms with Crippen LogP contribution in [0.5, 0.6) is 5.75 Å². The molecule has 0 amide bonds. The molecule has 0 spiro atoms. The number of aromatic nitrogens is 4. The maximum absolute atomic E-state index is 15.6. The Hall–Kier alpha value is -3.49. The topological polar surface area (TPSA) is 101 Å². The number of hydrogen-bond acceptors (Lipinski definition) is 5. The summed E-state index contributed by atoms with van der Waals surface area (Å²) in [5.41, 5.74) is 5.11. The van der Waals surface area contributed by atoms with E-state index < -0.39 is 0 Å². The summed E-state index contributed by atoms with van der Waals surface area (Å²) in [6.45, 7) is 3.81. The molecule has 1 aliphatic heterocycles. The molecule has 3 heterocycles. The summed E-state index contributed by atoms with van der Waals surface area (Å²) >= 11 is 0. The predicted octanol–water partition coefficient (Wildman–Crippen LogP) is 4.64. The van der Waals surface area contributed by atoms with Crippen LogP contribution in [0.15, 0.2) is 42.6 Å². The molecular weight excluding hydrogens is 445 g/mol. The van der Waals surface area contributed by atoms with Crippen LogP contribution >= 0.6 is 0 Å². The van der Waals surface area contributed by atoms with E-state index in [-0.39, 0.29) is 17.7 Å². The largest absolute Gasteiger partial charge is 0.508 e. The van der Waals surface area contributed by atoms with Crippen molar-refractivity contribution >= 4 is 16.5 Å². The molecule has 0 saturated heterocycles. The predicted molar refractivity (Wildman–Crippen MR) is 133 cm³/mol. The van der Waals surface area contributed by atoms with Gasteiger partial charge in [0.25, 0.3) is 0 Å². The molecule has 0 radical (unpaired) electrons. The van der Waals surface area contributed by atoms with Gasteiger partial charge in [0.05, 0.1) is 11.8 Å². The number of nitrogens with zero attached hydrogens (tertiary/aromatic N) is 3. The Morgan fingerprint density at radius 2 is 2.00 bits per heavy atom. The summed E-state index contributed by atoms with van der Waals surface area (Å²) in [6.07, 6.45) is 7.28. The fourth-order valence-corrected chi connectivity index (χ4v) is 5.29. The van der Waals surface area contributed by atoms with Crippen LogP contribution < -0.4 is 0 Å². The zero-order chi connectivity index (χ0) is 24.1. The van der Waals surface area contributed by atoms with Crippen LogP contribution in [-0.2, 0) is 6.42 Å². The van der Waals surface area contributed by atoms with Crippen molar-refractivity contribution < 1.29 is 14.6 Å². The number of nitrogens with one attached hydrogen (secondary N) is 2. The second kappa shape index (κ2) is 8.62. The van der Waals surface area contributed by atoms with E-state index in [1.807, 2.05) is 19.2 Å². The van der Waals surface area contributed by atoms with Crippen molar-refractivity contribution in [2.75, 3.05) is 13.1 Å². The Morgan fingerprint density at radius 1 is 1.17 bits per heavy atom. The summed E-state index contributed by atoms with van der Waals surface area (Å²) in [4.78, 5) is 10.4. The highest BCUT2D eigenvalue weighted by atomic mass is 19.1. The lowest BCUT2D eigenvalue weighted by Gasteiger charge is -2.41. The molecule has 2 aromatic carbocycles. The highest BCUT2D eigenvalue weighted by Gasteiger charge is 2.33. The first-order valence-electron chi connectivity index (χ1n) is 12.2. The summed E-state index contributed by atoms with van der Waals surface area (Å²) in [6, 6.07) is 9.13. The molecule has 6 rings (SSSR count). The highest BCUT2D eigenvalue weighted by molar-refractivity contribution is 5.94. The van der Waals surface area contributed by atoms with Gasteiger partial charge in [0.2, 0.25) is 0 Å². The first-order chi connectivity index (χ1) is 17.0. The molecule has 1 saturated carbocycles. The summed E-state index contributed by atoms with van der Waals surface area (Å²) in [5, 5.41) is 27.3. The number of aryl methyl sites for hydroxylation is 1. The Kier molecular flexibility index (Phi) is 5.42. The number of aliphatic hydroxyl groups is 1. The minimum Gasteiger partial charge on any atom is -0.508 e. The minimum atomic E-state index is -0.371. The van der Waals surface area contributed by atoms with Crippen LogP contribution in [0.2, 0.25) is 0 Å². The number of benzene rings is 2. The summed E-state index contributed by atoms with van der Waals surface area (Å²) in [5.74, 6) is 0.402. The number of aromatic hydroxyl groups is 1. The number of imidazole rings is 1.